The highest BCUT2D eigenvalue weighted by Crippen LogP contribution is 2.30. The molecule has 23 heavy (non-hydrogen) atoms. The van der Waals surface area contributed by atoms with Crippen LogP contribution in [0, 0.1) is 0 Å². The lowest BCUT2D eigenvalue weighted by Gasteiger charge is -2.25. The second kappa shape index (κ2) is 7.51. The summed E-state index contributed by atoms with van der Waals surface area (Å²) in [7, 11) is 1.60. The van der Waals surface area contributed by atoms with Gasteiger partial charge in [-0.1, -0.05) is 48.5 Å². The highest BCUT2D eigenvalue weighted by atomic mass is 16.7. The Hall–Kier alpha value is -2.01. The number of Topliss-reactive ketones (excluding diaryl/α,β-unsaturated/α-hetero) is 1. The molecule has 0 amide bonds. The van der Waals surface area contributed by atoms with Gasteiger partial charge in [0.2, 0.25) is 0 Å². The van der Waals surface area contributed by atoms with Crippen molar-refractivity contribution in [2.24, 2.45) is 0 Å². The Morgan fingerprint density at radius 3 is 2.83 bits per heavy atom. The maximum atomic E-state index is 12.8. The number of hydrogen-bond acceptors (Lipinski definition) is 4. The van der Waals surface area contributed by atoms with Crippen LogP contribution < -0.4 is 0 Å². The molecule has 120 valence electrons. The van der Waals surface area contributed by atoms with Gasteiger partial charge in [0, 0.05) is 12.7 Å². The summed E-state index contributed by atoms with van der Waals surface area (Å²) in [5.74, 6) is -0.162. The van der Waals surface area contributed by atoms with Gasteiger partial charge in [0.1, 0.15) is 6.79 Å². The molecule has 2 aromatic rings. The summed E-state index contributed by atoms with van der Waals surface area (Å²) in [6.45, 7) is 1.69. The van der Waals surface area contributed by atoms with Gasteiger partial charge in [-0.15, -0.1) is 0 Å². The molecule has 0 spiro atoms. The van der Waals surface area contributed by atoms with Gasteiger partial charge in [-0.05, 0) is 16.7 Å². The minimum atomic E-state index is -0.261. The normalized spacial score (nSPS) is 16.8. The molecule has 0 fully saturated rings. The van der Waals surface area contributed by atoms with Gasteiger partial charge in [-0.2, -0.15) is 0 Å². The maximum Gasteiger partial charge on any atom is 0.172 e. The van der Waals surface area contributed by atoms with Crippen LogP contribution in [0.5, 0.6) is 0 Å². The number of hydrogen-bond donors (Lipinski definition) is 0. The van der Waals surface area contributed by atoms with Gasteiger partial charge < -0.3 is 14.2 Å². The number of carbonyl (C=O) groups excluding carboxylic acids is 1. The van der Waals surface area contributed by atoms with Crippen molar-refractivity contribution < 1.29 is 19.0 Å². The smallest absolute Gasteiger partial charge is 0.172 e. The number of benzene rings is 2. The van der Waals surface area contributed by atoms with Crippen LogP contribution in [-0.4, -0.2) is 26.3 Å². The molecule has 0 bridgehead atoms. The Bertz CT molecular complexity index is 666. The molecule has 2 aromatic carbocycles. The van der Waals surface area contributed by atoms with Crippen LogP contribution in [0.25, 0.3) is 0 Å². The molecule has 1 heterocycles. The lowest BCUT2D eigenvalue weighted by molar-refractivity contribution is -0.0391. The molecule has 1 unspecified atom stereocenters. The third-order valence-electron chi connectivity index (χ3n) is 3.97. The molecular formula is C19H20O4. The van der Waals surface area contributed by atoms with Crippen molar-refractivity contribution in [2.45, 2.75) is 19.1 Å². The van der Waals surface area contributed by atoms with E-state index in [1.807, 2.05) is 42.5 Å². The van der Waals surface area contributed by atoms with Crippen LogP contribution in [0.1, 0.15) is 33.0 Å². The summed E-state index contributed by atoms with van der Waals surface area (Å²) >= 11 is 0. The second-order valence-corrected chi connectivity index (χ2v) is 5.59. The topological polar surface area (TPSA) is 44.8 Å². The lowest BCUT2D eigenvalue weighted by atomic mass is 9.86. The van der Waals surface area contributed by atoms with E-state index in [-0.39, 0.29) is 18.5 Å². The second-order valence-electron chi connectivity index (χ2n) is 5.59. The van der Waals surface area contributed by atoms with Crippen molar-refractivity contribution in [3.05, 3.63) is 70.8 Å². The van der Waals surface area contributed by atoms with Crippen LogP contribution in [0.4, 0.5) is 0 Å². The van der Waals surface area contributed by atoms with Crippen LogP contribution in [-0.2, 0) is 27.4 Å². The molecule has 0 aromatic heterocycles. The highest BCUT2D eigenvalue weighted by Gasteiger charge is 2.28. The number of ether oxygens (including phenoxy) is 3. The Labute approximate surface area is 136 Å². The summed E-state index contributed by atoms with van der Waals surface area (Å²) in [5, 5.41) is 0. The standard InChI is InChI=1S/C19H20O4/c1-21-13-23-10-14-7-8-16-11-22-12-18(17(16)9-14)19(20)15-5-3-2-4-6-15/h2-9,18H,10-13H2,1H3. The van der Waals surface area contributed by atoms with E-state index >= 15 is 0 Å². The fourth-order valence-corrected chi connectivity index (χ4v) is 2.83. The van der Waals surface area contributed by atoms with Crippen molar-refractivity contribution in [3.63, 3.8) is 0 Å². The van der Waals surface area contributed by atoms with E-state index in [0.717, 1.165) is 22.3 Å². The van der Waals surface area contributed by atoms with Gasteiger partial charge in [0.05, 0.1) is 25.7 Å². The van der Waals surface area contributed by atoms with Crippen LogP contribution >= 0.6 is 0 Å². The maximum absolute atomic E-state index is 12.8. The Balaban J connectivity index is 1.85. The average molecular weight is 312 g/mol. The largest absolute Gasteiger partial charge is 0.376 e. The zero-order valence-electron chi connectivity index (χ0n) is 13.2. The Morgan fingerprint density at radius 2 is 2.04 bits per heavy atom. The lowest BCUT2D eigenvalue weighted by Crippen LogP contribution is -2.24. The minimum Gasteiger partial charge on any atom is -0.376 e. The van der Waals surface area contributed by atoms with Crippen LogP contribution in [0.3, 0.4) is 0 Å². The van der Waals surface area contributed by atoms with Crippen molar-refractivity contribution >= 4 is 5.78 Å². The van der Waals surface area contributed by atoms with E-state index < -0.39 is 0 Å². The van der Waals surface area contributed by atoms with Gasteiger partial charge in [0.15, 0.2) is 5.78 Å². The summed E-state index contributed by atoms with van der Waals surface area (Å²) < 4.78 is 15.9. The van der Waals surface area contributed by atoms with Crippen molar-refractivity contribution in [1.29, 1.82) is 0 Å². The fraction of sp³-hybridized carbons (Fsp3) is 0.316. The molecule has 3 rings (SSSR count). The van der Waals surface area contributed by atoms with Crippen molar-refractivity contribution in [3.8, 4) is 0 Å². The Morgan fingerprint density at radius 1 is 1.22 bits per heavy atom. The van der Waals surface area contributed by atoms with Gasteiger partial charge in [-0.3, -0.25) is 4.79 Å². The SMILES string of the molecule is COCOCc1ccc2c(c1)C(C(=O)c1ccccc1)COC2. The molecule has 1 aliphatic rings. The van der Waals surface area contributed by atoms with Crippen LogP contribution in [0.2, 0.25) is 0 Å². The predicted octanol–water partition coefficient (Wildman–Crippen LogP) is 3.30. The summed E-state index contributed by atoms with van der Waals surface area (Å²) in [5.41, 5.74) is 3.87. The highest BCUT2D eigenvalue weighted by molar-refractivity contribution is 6.01. The van der Waals surface area contributed by atoms with Gasteiger partial charge in [-0.25, -0.2) is 0 Å². The number of carbonyl (C=O) groups is 1. The fourth-order valence-electron chi connectivity index (χ4n) is 2.83. The predicted molar refractivity (Wildman–Crippen MR) is 86.3 cm³/mol. The van der Waals surface area contributed by atoms with Crippen LogP contribution in [0.15, 0.2) is 48.5 Å². The van der Waals surface area contributed by atoms with Gasteiger partial charge >= 0.3 is 0 Å². The Kier molecular flexibility index (Phi) is 5.18. The summed E-state index contributed by atoms with van der Waals surface area (Å²) in [6.07, 6.45) is 0. The number of rotatable bonds is 6. The molecule has 0 saturated carbocycles. The first-order chi connectivity index (χ1) is 11.3. The third kappa shape index (κ3) is 3.67. The summed E-state index contributed by atoms with van der Waals surface area (Å²) in [6, 6.07) is 15.5. The molecule has 4 heteroatoms. The van der Waals surface area contributed by atoms with E-state index in [4.69, 9.17) is 14.2 Å². The molecule has 0 N–H and O–H groups in total. The first-order valence-electron chi connectivity index (χ1n) is 7.65. The average Bonchev–Trinajstić information content (AvgIpc) is 2.61. The van der Waals surface area contributed by atoms with Crippen molar-refractivity contribution in [2.75, 3.05) is 20.5 Å². The van der Waals surface area contributed by atoms with Gasteiger partial charge in [0.25, 0.3) is 0 Å². The quantitative estimate of drug-likeness (QED) is 0.466. The third-order valence-corrected chi connectivity index (χ3v) is 3.97. The molecule has 0 saturated heterocycles. The molecule has 1 atom stereocenters. The first kappa shape index (κ1) is 15.9. The van der Waals surface area contributed by atoms with E-state index in [1.54, 1.807) is 7.11 Å². The molecular weight excluding hydrogens is 292 g/mol. The molecule has 4 nitrogen and oxygen atoms in total. The number of fused-ring (bicyclic) bond motifs is 1. The zero-order chi connectivity index (χ0) is 16.1. The van der Waals surface area contributed by atoms with E-state index in [0.29, 0.717) is 19.8 Å². The monoisotopic (exact) mass is 312 g/mol. The van der Waals surface area contributed by atoms with Crippen molar-refractivity contribution in [1.82, 2.24) is 0 Å². The number of methoxy groups -OCH3 is 1. The zero-order valence-corrected chi connectivity index (χ0v) is 13.2. The summed E-state index contributed by atoms with van der Waals surface area (Å²) in [4.78, 5) is 12.8. The first-order valence-corrected chi connectivity index (χ1v) is 7.65. The van der Waals surface area contributed by atoms with E-state index in [2.05, 4.69) is 6.07 Å². The molecule has 1 aliphatic heterocycles. The van der Waals surface area contributed by atoms with E-state index in [1.165, 1.54) is 0 Å². The van der Waals surface area contributed by atoms with E-state index in [9.17, 15) is 4.79 Å². The molecule has 0 aliphatic carbocycles. The minimum absolute atomic E-state index is 0.0986. The molecule has 0 radical (unpaired) electrons. The number of ketones is 1.